The zero-order chi connectivity index (χ0) is 21.7. The van der Waals surface area contributed by atoms with Crippen molar-refractivity contribution >= 4 is 17.8 Å². The molecule has 0 saturated carbocycles. The van der Waals surface area contributed by atoms with Gasteiger partial charge >= 0.3 is 12.1 Å². The molecule has 0 amide bonds. The van der Waals surface area contributed by atoms with E-state index in [-0.39, 0.29) is 19.8 Å². The monoisotopic (exact) mass is 438 g/mol. The molecule has 0 spiro atoms. The highest BCUT2D eigenvalue weighted by atomic mass is 35.5. The Morgan fingerprint density at radius 1 is 0.839 bits per heavy atom. The van der Waals surface area contributed by atoms with Gasteiger partial charge in [-0.1, -0.05) is 72.3 Å². The van der Waals surface area contributed by atoms with Crippen LogP contribution in [0.3, 0.4) is 0 Å². The molecule has 6 heteroatoms. The normalized spacial score (nSPS) is 17.0. The van der Waals surface area contributed by atoms with Crippen LogP contribution in [0.2, 0.25) is 5.02 Å². The Morgan fingerprint density at radius 3 is 1.84 bits per heavy atom. The fourth-order valence-corrected chi connectivity index (χ4v) is 3.86. The molecule has 1 aliphatic heterocycles. The summed E-state index contributed by atoms with van der Waals surface area (Å²) in [6.45, 7) is 2.33. The van der Waals surface area contributed by atoms with Gasteiger partial charge in [0.1, 0.15) is 0 Å². The summed E-state index contributed by atoms with van der Waals surface area (Å²) in [5.74, 6) is -1.73. The molecule has 0 N–H and O–H groups in total. The van der Waals surface area contributed by atoms with Gasteiger partial charge in [-0.15, -0.1) is 0 Å². The van der Waals surface area contributed by atoms with E-state index in [1.165, 1.54) is 0 Å². The van der Waals surface area contributed by atoms with Gasteiger partial charge in [0, 0.05) is 5.02 Å². The number of halogens is 1. The average Bonchev–Trinajstić information content (AvgIpc) is 2.81. The van der Waals surface area contributed by atoms with Gasteiger partial charge in [-0.05, 0) is 42.3 Å². The van der Waals surface area contributed by atoms with E-state index >= 15 is 0 Å². The molecule has 0 aromatic heterocycles. The van der Waals surface area contributed by atoms with Crippen LogP contribution in [0.4, 0.5) is 4.79 Å². The highest BCUT2D eigenvalue weighted by Gasteiger charge is 2.51. The second-order valence-electron chi connectivity index (χ2n) is 7.24. The Labute approximate surface area is 186 Å². The second kappa shape index (κ2) is 9.10. The first-order chi connectivity index (χ1) is 15.1. The number of hydrogen-bond acceptors (Lipinski definition) is 5. The minimum absolute atomic E-state index is 0.174. The molecule has 0 aliphatic carbocycles. The van der Waals surface area contributed by atoms with E-state index < -0.39 is 17.5 Å². The van der Waals surface area contributed by atoms with Gasteiger partial charge in [0.05, 0.1) is 30.8 Å². The second-order valence-corrected chi connectivity index (χ2v) is 7.68. The Balaban J connectivity index is 1.72. The lowest BCUT2D eigenvalue weighted by Gasteiger charge is -2.45. The van der Waals surface area contributed by atoms with Crippen molar-refractivity contribution < 1.29 is 23.7 Å². The van der Waals surface area contributed by atoms with Crippen molar-refractivity contribution in [3.05, 3.63) is 107 Å². The SMILES string of the molecule is CCOC(=O)OC1(c2ccc(Cl)cc2)OCC(c2ccccc2)(c2ccccc2)CO1. The average molecular weight is 439 g/mol. The van der Waals surface area contributed by atoms with E-state index in [1.807, 2.05) is 60.7 Å². The summed E-state index contributed by atoms with van der Waals surface area (Å²) < 4.78 is 23.0. The van der Waals surface area contributed by atoms with Crippen LogP contribution in [-0.4, -0.2) is 26.0 Å². The summed E-state index contributed by atoms with van der Waals surface area (Å²) in [6.07, 6.45) is -0.871. The van der Waals surface area contributed by atoms with Crippen LogP contribution in [0.25, 0.3) is 0 Å². The summed E-state index contributed by atoms with van der Waals surface area (Å²) in [4.78, 5) is 12.2. The largest absolute Gasteiger partial charge is 0.512 e. The highest BCUT2D eigenvalue weighted by Crippen LogP contribution is 2.43. The summed E-state index contributed by atoms with van der Waals surface area (Å²) in [6, 6.07) is 26.8. The molecule has 1 fully saturated rings. The lowest BCUT2D eigenvalue weighted by molar-refractivity contribution is -0.403. The van der Waals surface area contributed by atoms with E-state index in [9.17, 15) is 4.79 Å². The summed E-state index contributed by atoms with van der Waals surface area (Å²) >= 11 is 6.04. The number of benzene rings is 3. The van der Waals surface area contributed by atoms with Gasteiger partial charge in [0.15, 0.2) is 0 Å². The third kappa shape index (κ3) is 4.30. The number of hydrogen-bond donors (Lipinski definition) is 0. The zero-order valence-corrected chi connectivity index (χ0v) is 17.9. The molecule has 1 saturated heterocycles. The predicted molar refractivity (Wildman–Crippen MR) is 117 cm³/mol. The molecule has 3 aromatic rings. The van der Waals surface area contributed by atoms with Crippen LogP contribution in [-0.2, 0) is 30.3 Å². The Kier molecular flexibility index (Phi) is 6.28. The molecule has 4 rings (SSSR count). The molecular formula is C25H23ClO5. The summed E-state index contributed by atoms with van der Waals surface area (Å²) in [5, 5.41) is 0.550. The van der Waals surface area contributed by atoms with Crippen molar-refractivity contribution in [2.24, 2.45) is 0 Å². The van der Waals surface area contributed by atoms with E-state index in [2.05, 4.69) is 0 Å². The maximum absolute atomic E-state index is 12.2. The third-order valence-electron chi connectivity index (χ3n) is 5.35. The summed E-state index contributed by atoms with van der Waals surface area (Å²) in [7, 11) is 0. The Bertz CT molecular complexity index is 956. The van der Waals surface area contributed by atoms with Crippen LogP contribution in [0.15, 0.2) is 84.9 Å². The fourth-order valence-electron chi connectivity index (χ4n) is 3.73. The van der Waals surface area contributed by atoms with Crippen molar-refractivity contribution in [1.82, 2.24) is 0 Å². The minimum Gasteiger partial charge on any atom is -0.434 e. The maximum atomic E-state index is 12.2. The molecule has 31 heavy (non-hydrogen) atoms. The minimum atomic E-state index is -1.73. The molecule has 0 unspecified atom stereocenters. The van der Waals surface area contributed by atoms with Gasteiger partial charge in [-0.2, -0.15) is 0 Å². The predicted octanol–water partition coefficient (Wildman–Crippen LogP) is 5.66. The van der Waals surface area contributed by atoms with Gasteiger partial charge < -0.3 is 18.9 Å². The molecule has 5 nitrogen and oxygen atoms in total. The van der Waals surface area contributed by atoms with Crippen molar-refractivity contribution in [3.8, 4) is 0 Å². The Hall–Kier alpha value is -2.86. The fraction of sp³-hybridized carbons (Fsp3) is 0.240. The number of rotatable bonds is 5. The molecule has 0 bridgehead atoms. The summed E-state index contributed by atoms with van der Waals surface area (Å²) in [5.41, 5.74) is 2.03. The first kappa shape index (κ1) is 21.4. The zero-order valence-electron chi connectivity index (χ0n) is 17.1. The molecule has 1 heterocycles. The smallest absolute Gasteiger partial charge is 0.434 e. The number of carbonyl (C=O) groups is 1. The van der Waals surface area contributed by atoms with Crippen molar-refractivity contribution in [1.29, 1.82) is 0 Å². The molecule has 160 valence electrons. The van der Waals surface area contributed by atoms with Crippen molar-refractivity contribution in [2.45, 2.75) is 18.3 Å². The van der Waals surface area contributed by atoms with Crippen LogP contribution >= 0.6 is 11.6 Å². The standard InChI is InChI=1S/C25H23ClO5/c1-2-28-23(27)31-25(21-13-15-22(26)16-14-21)29-17-24(18-30-25,19-9-5-3-6-10-19)20-11-7-4-8-12-20/h3-16H,2,17-18H2,1H3. The van der Waals surface area contributed by atoms with Crippen molar-refractivity contribution in [3.63, 3.8) is 0 Å². The van der Waals surface area contributed by atoms with Gasteiger partial charge in [0.2, 0.25) is 0 Å². The first-order valence-electron chi connectivity index (χ1n) is 10.1. The molecule has 0 atom stereocenters. The van der Waals surface area contributed by atoms with E-state index in [4.69, 9.17) is 30.5 Å². The van der Waals surface area contributed by atoms with Gasteiger partial charge in [-0.3, -0.25) is 0 Å². The van der Waals surface area contributed by atoms with E-state index in [1.54, 1.807) is 31.2 Å². The van der Waals surface area contributed by atoms with E-state index in [0.29, 0.717) is 10.6 Å². The van der Waals surface area contributed by atoms with Crippen LogP contribution in [0.5, 0.6) is 0 Å². The quantitative estimate of drug-likeness (QED) is 0.481. The lowest BCUT2D eigenvalue weighted by Crippen LogP contribution is -2.52. The van der Waals surface area contributed by atoms with Crippen molar-refractivity contribution in [2.75, 3.05) is 19.8 Å². The van der Waals surface area contributed by atoms with E-state index in [0.717, 1.165) is 11.1 Å². The number of ether oxygens (including phenoxy) is 4. The third-order valence-corrected chi connectivity index (χ3v) is 5.60. The Morgan fingerprint density at radius 2 is 1.35 bits per heavy atom. The molecular weight excluding hydrogens is 416 g/mol. The molecule has 3 aromatic carbocycles. The van der Waals surface area contributed by atoms with Crippen LogP contribution < -0.4 is 0 Å². The topological polar surface area (TPSA) is 54.0 Å². The highest BCUT2D eigenvalue weighted by molar-refractivity contribution is 6.30. The molecule has 1 aliphatic rings. The molecule has 0 radical (unpaired) electrons. The van der Waals surface area contributed by atoms with Gasteiger partial charge in [0.25, 0.3) is 0 Å². The lowest BCUT2D eigenvalue weighted by atomic mass is 9.75. The van der Waals surface area contributed by atoms with Crippen LogP contribution in [0, 0.1) is 0 Å². The number of carbonyl (C=O) groups excluding carboxylic acids is 1. The van der Waals surface area contributed by atoms with Gasteiger partial charge in [-0.25, -0.2) is 4.79 Å². The van der Waals surface area contributed by atoms with Crippen LogP contribution in [0.1, 0.15) is 23.6 Å². The first-order valence-corrected chi connectivity index (χ1v) is 10.5. The maximum Gasteiger partial charge on any atom is 0.512 e.